The molecular formula is C12H13BrN2O. The first kappa shape index (κ1) is 12.7. The number of amides is 1. The van der Waals surface area contributed by atoms with E-state index < -0.39 is 4.32 Å². The minimum atomic E-state index is -0.623. The molecule has 0 unspecified atom stereocenters. The van der Waals surface area contributed by atoms with Crippen molar-refractivity contribution in [2.24, 2.45) is 0 Å². The van der Waals surface area contributed by atoms with Crippen LogP contribution in [-0.4, -0.2) is 10.2 Å². The number of rotatable bonds is 2. The van der Waals surface area contributed by atoms with Crippen molar-refractivity contribution in [3.63, 3.8) is 0 Å². The zero-order chi connectivity index (χ0) is 12.3. The normalized spacial score (nSPS) is 10.7. The van der Waals surface area contributed by atoms with Gasteiger partial charge in [0, 0.05) is 5.69 Å². The molecule has 3 nitrogen and oxygen atoms in total. The van der Waals surface area contributed by atoms with E-state index in [1.807, 2.05) is 19.1 Å². The highest BCUT2D eigenvalue weighted by Crippen LogP contribution is 2.21. The number of anilines is 1. The monoisotopic (exact) mass is 280 g/mol. The third-order valence-corrected chi connectivity index (χ3v) is 2.51. The summed E-state index contributed by atoms with van der Waals surface area (Å²) in [6.45, 7) is 5.43. The summed E-state index contributed by atoms with van der Waals surface area (Å²) >= 11 is 3.28. The van der Waals surface area contributed by atoms with Crippen molar-refractivity contribution in [1.82, 2.24) is 0 Å². The molecule has 1 N–H and O–H groups in total. The van der Waals surface area contributed by atoms with E-state index in [4.69, 9.17) is 5.26 Å². The van der Waals surface area contributed by atoms with E-state index in [0.29, 0.717) is 11.3 Å². The molecule has 1 rings (SSSR count). The summed E-state index contributed by atoms with van der Waals surface area (Å²) in [6, 6.07) is 7.26. The molecule has 4 heteroatoms. The van der Waals surface area contributed by atoms with Gasteiger partial charge in [0.05, 0.1) is 16.0 Å². The quantitative estimate of drug-likeness (QED) is 0.847. The van der Waals surface area contributed by atoms with Crippen LogP contribution in [-0.2, 0) is 4.79 Å². The van der Waals surface area contributed by atoms with E-state index in [9.17, 15) is 4.79 Å². The van der Waals surface area contributed by atoms with Gasteiger partial charge in [0.15, 0.2) is 0 Å². The second kappa shape index (κ2) is 4.67. The van der Waals surface area contributed by atoms with Gasteiger partial charge in [0.1, 0.15) is 0 Å². The standard InChI is InChI=1S/C12H13BrN2O/c1-8-4-5-9(7-14)6-10(8)15-11(16)12(2,3)13/h4-6H,1-3H3,(H,15,16). The molecule has 0 aromatic heterocycles. The molecule has 16 heavy (non-hydrogen) atoms. The molecule has 1 aromatic carbocycles. The summed E-state index contributed by atoms with van der Waals surface area (Å²) in [5.74, 6) is -0.134. The summed E-state index contributed by atoms with van der Waals surface area (Å²) in [7, 11) is 0. The predicted octanol–water partition coefficient (Wildman–Crippen LogP) is 2.98. The largest absolute Gasteiger partial charge is 0.325 e. The number of nitrogens with one attached hydrogen (secondary N) is 1. The topological polar surface area (TPSA) is 52.9 Å². The maximum absolute atomic E-state index is 11.7. The number of nitrogens with zero attached hydrogens (tertiary/aromatic N) is 1. The van der Waals surface area contributed by atoms with Gasteiger partial charge in [-0.05, 0) is 38.5 Å². The number of hydrogen-bond donors (Lipinski definition) is 1. The van der Waals surface area contributed by atoms with Gasteiger partial charge in [-0.1, -0.05) is 22.0 Å². The second-order valence-corrected chi connectivity index (χ2v) is 6.05. The van der Waals surface area contributed by atoms with Crippen molar-refractivity contribution in [3.8, 4) is 6.07 Å². The molecule has 0 saturated heterocycles. The molecule has 0 aliphatic heterocycles. The minimum Gasteiger partial charge on any atom is -0.325 e. The second-order valence-electron chi connectivity index (χ2n) is 4.07. The molecule has 0 radical (unpaired) electrons. The Balaban J connectivity index is 2.98. The van der Waals surface area contributed by atoms with E-state index in [-0.39, 0.29) is 5.91 Å². The predicted molar refractivity (Wildman–Crippen MR) is 67.5 cm³/mol. The van der Waals surface area contributed by atoms with Gasteiger partial charge in [-0.25, -0.2) is 0 Å². The van der Waals surface area contributed by atoms with E-state index in [1.54, 1.807) is 26.0 Å². The molecule has 0 atom stereocenters. The van der Waals surface area contributed by atoms with Crippen molar-refractivity contribution in [2.75, 3.05) is 5.32 Å². The molecule has 0 aliphatic rings. The number of carbonyl (C=O) groups is 1. The van der Waals surface area contributed by atoms with Gasteiger partial charge in [-0.3, -0.25) is 4.79 Å². The van der Waals surface area contributed by atoms with E-state index in [2.05, 4.69) is 21.2 Å². The van der Waals surface area contributed by atoms with Crippen LogP contribution in [0.1, 0.15) is 25.0 Å². The highest BCUT2D eigenvalue weighted by molar-refractivity contribution is 9.10. The lowest BCUT2D eigenvalue weighted by Gasteiger charge is -2.17. The molecule has 0 spiro atoms. The highest BCUT2D eigenvalue weighted by Gasteiger charge is 2.23. The fourth-order valence-electron chi connectivity index (χ4n) is 1.10. The Bertz CT molecular complexity index is 455. The first-order valence-electron chi connectivity index (χ1n) is 4.85. The molecular weight excluding hydrogens is 268 g/mol. The first-order chi connectivity index (χ1) is 7.34. The van der Waals surface area contributed by atoms with Gasteiger partial charge >= 0.3 is 0 Å². The maximum atomic E-state index is 11.7. The van der Waals surface area contributed by atoms with Crippen molar-refractivity contribution >= 4 is 27.5 Å². The smallest absolute Gasteiger partial charge is 0.240 e. The number of aryl methyl sites for hydroxylation is 1. The number of halogens is 1. The average molecular weight is 281 g/mol. The summed E-state index contributed by atoms with van der Waals surface area (Å²) in [6.07, 6.45) is 0. The van der Waals surface area contributed by atoms with Gasteiger partial charge in [0.2, 0.25) is 5.91 Å². The Hall–Kier alpha value is -1.34. The van der Waals surface area contributed by atoms with Crippen LogP contribution in [0.4, 0.5) is 5.69 Å². The zero-order valence-corrected chi connectivity index (χ0v) is 11.1. The maximum Gasteiger partial charge on any atom is 0.240 e. The van der Waals surface area contributed by atoms with Crippen molar-refractivity contribution in [2.45, 2.75) is 25.1 Å². The number of carbonyl (C=O) groups excluding carboxylic acids is 1. The molecule has 1 amide bonds. The van der Waals surface area contributed by atoms with Crippen LogP contribution in [0.2, 0.25) is 0 Å². The molecule has 0 bridgehead atoms. The Morgan fingerprint density at radius 2 is 2.12 bits per heavy atom. The number of nitriles is 1. The lowest BCUT2D eigenvalue weighted by molar-refractivity contribution is -0.117. The summed E-state index contributed by atoms with van der Waals surface area (Å²) in [5.41, 5.74) is 2.15. The number of benzene rings is 1. The molecule has 0 heterocycles. The molecule has 0 aliphatic carbocycles. The minimum absolute atomic E-state index is 0.134. The Morgan fingerprint density at radius 1 is 1.50 bits per heavy atom. The molecule has 84 valence electrons. The van der Waals surface area contributed by atoms with Crippen LogP contribution in [0.3, 0.4) is 0 Å². The van der Waals surface area contributed by atoms with Crippen LogP contribution < -0.4 is 5.32 Å². The number of alkyl halides is 1. The summed E-state index contributed by atoms with van der Waals surface area (Å²) < 4.78 is -0.623. The summed E-state index contributed by atoms with van der Waals surface area (Å²) in [5, 5.41) is 11.6. The van der Waals surface area contributed by atoms with E-state index in [0.717, 1.165) is 5.56 Å². The van der Waals surface area contributed by atoms with E-state index >= 15 is 0 Å². The highest BCUT2D eigenvalue weighted by atomic mass is 79.9. The lowest BCUT2D eigenvalue weighted by atomic mass is 10.1. The average Bonchev–Trinajstić information content (AvgIpc) is 2.19. The van der Waals surface area contributed by atoms with Crippen LogP contribution in [0.15, 0.2) is 18.2 Å². The van der Waals surface area contributed by atoms with Crippen LogP contribution >= 0.6 is 15.9 Å². The van der Waals surface area contributed by atoms with Gasteiger partial charge in [-0.15, -0.1) is 0 Å². The Morgan fingerprint density at radius 3 is 2.62 bits per heavy atom. The third kappa shape index (κ3) is 3.07. The lowest BCUT2D eigenvalue weighted by Crippen LogP contribution is -2.31. The van der Waals surface area contributed by atoms with Crippen LogP contribution in [0, 0.1) is 18.3 Å². The van der Waals surface area contributed by atoms with E-state index in [1.165, 1.54) is 0 Å². The Labute approximate surface area is 104 Å². The molecule has 0 saturated carbocycles. The van der Waals surface area contributed by atoms with Crippen molar-refractivity contribution in [1.29, 1.82) is 5.26 Å². The van der Waals surface area contributed by atoms with Crippen molar-refractivity contribution in [3.05, 3.63) is 29.3 Å². The van der Waals surface area contributed by atoms with Gasteiger partial charge in [0.25, 0.3) is 0 Å². The van der Waals surface area contributed by atoms with Gasteiger partial charge in [-0.2, -0.15) is 5.26 Å². The molecule has 1 aromatic rings. The first-order valence-corrected chi connectivity index (χ1v) is 5.65. The van der Waals surface area contributed by atoms with Crippen molar-refractivity contribution < 1.29 is 4.79 Å². The Kier molecular flexibility index (Phi) is 3.71. The number of hydrogen-bond acceptors (Lipinski definition) is 2. The third-order valence-electron chi connectivity index (χ3n) is 2.15. The van der Waals surface area contributed by atoms with Crippen LogP contribution in [0.5, 0.6) is 0 Å². The fraction of sp³-hybridized carbons (Fsp3) is 0.333. The van der Waals surface area contributed by atoms with Gasteiger partial charge < -0.3 is 5.32 Å². The zero-order valence-electron chi connectivity index (χ0n) is 9.47. The van der Waals surface area contributed by atoms with Crippen LogP contribution in [0.25, 0.3) is 0 Å². The SMILES string of the molecule is Cc1ccc(C#N)cc1NC(=O)C(C)(C)Br. The summed E-state index contributed by atoms with van der Waals surface area (Å²) in [4.78, 5) is 11.7. The molecule has 0 fully saturated rings. The fourth-order valence-corrected chi connectivity index (χ4v) is 1.20.